The molecule has 0 aromatic heterocycles. The number of carbonyl (C=O) groups is 2. The molecule has 0 aliphatic rings. The molecule has 0 spiro atoms. The van der Waals surface area contributed by atoms with Gasteiger partial charge >= 0.3 is 103 Å². The van der Waals surface area contributed by atoms with Crippen molar-refractivity contribution in [2.45, 2.75) is 26.7 Å². The van der Waals surface area contributed by atoms with Crippen LogP contribution in [0, 0.1) is 0 Å². The van der Waals surface area contributed by atoms with Gasteiger partial charge in [-0.05, 0) is 72.5 Å². The summed E-state index contributed by atoms with van der Waals surface area (Å²) in [5.74, 6) is 1.39. The van der Waals surface area contributed by atoms with Gasteiger partial charge in [0, 0.05) is 13.8 Å². The van der Waals surface area contributed by atoms with E-state index in [9.17, 15) is 28.5 Å². The Morgan fingerprint density at radius 3 is 1.23 bits per heavy atom. The number of carbonyl (C=O) groups excluding carboxylic acids is 2. The summed E-state index contributed by atoms with van der Waals surface area (Å²) in [5.41, 5.74) is 1.72. The largest absolute Gasteiger partial charge is 1.00 e. The number of hydrogen-bond acceptors (Lipinski definition) is 10. The second kappa shape index (κ2) is 23.5. The maximum atomic E-state index is 11.4. The van der Waals surface area contributed by atoms with Gasteiger partial charge in [0.2, 0.25) is 27.3 Å². The van der Waals surface area contributed by atoms with E-state index in [0.29, 0.717) is 24.3 Å². The summed E-state index contributed by atoms with van der Waals surface area (Å²) in [6.07, 6.45) is 0.746. The Kier molecular flexibility index (Phi) is 22.0. The molecule has 2 N–H and O–H groups in total. The van der Waals surface area contributed by atoms with Gasteiger partial charge in [-0.15, -0.1) is 0 Å². The zero-order valence-corrected chi connectivity index (χ0v) is 35.2. The molecule has 0 saturated carbocycles. The van der Waals surface area contributed by atoms with Crippen LogP contribution in [0.5, 0.6) is 23.0 Å². The van der Waals surface area contributed by atoms with Crippen molar-refractivity contribution in [2.75, 3.05) is 13.2 Å². The van der Waals surface area contributed by atoms with Crippen molar-refractivity contribution in [3.63, 3.8) is 0 Å². The molecule has 16 heteroatoms. The fourth-order valence-corrected chi connectivity index (χ4v) is 5.36. The molecule has 0 bridgehead atoms. The van der Waals surface area contributed by atoms with Crippen LogP contribution in [0.3, 0.4) is 0 Å². The van der Waals surface area contributed by atoms with E-state index in [4.69, 9.17) is 18.5 Å². The van der Waals surface area contributed by atoms with Crippen molar-refractivity contribution >= 4 is 27.3 Å². The maximum Gasteiger partial charge on any atom is 1.00 e. The Labute approximate surface area is 365 Å². The fourth-order valence-electron chi connectivity index (χ4n) is 3.80. The molecule has 2 amide bonds. The Bertz CT molecular complexity index is 1540. The summed E-state index contributed by atoms with van der Waals surface area (Å²) in [5, 5.41) is 3.53. The summed E-state index contributed by atoms with van der Waals surface area (Å²) in [4.78, 5) is 44.2. The molecule has 0 fully saturated rings. The number of hydrogen-bond donors (Lipinski definition) is 2. The maximum absolute atomic E-state index is 11.4. The molecule has 4 rings (SSSR count). The van der Waals surface area contributed by atoms with Crippen LogP contribution in [0.1, 0.15) is 25.0 Å². The van der Waals surface area contributed by atoms with Crippen LogP contribution >= 0.6 is 15.5 Å². The predicted molar refractivity (Wildman–Crippen MR) is 168 cm³/mol. The van der Waals surface area contributed by atoms with Crippen molar-refractivity contribution in [1.82, 2.24) is 10.2 Å². The van der Waals surface area contributed by atoms with Gasteiger partial charge < -0.3 is 28.3 Å². The van der Waals surface area contributed by atoms with Crippen LogP contribution in [0.15, 0.2) is 109 Å². The van der Waals surface area contributed by atoms with Crippen molar-refractivity contribution in [1.29, 1.82) is 0 Å². The van der Waals surface area contributed by atoms with Gasteiger partial charge in [-0.25, -0.2) is 0 Å². The molecule has 244 valence electrons. The topological polar surface area (TPSA) is 175 Å². The van der Waals surface area contributed by atoms with Gasteiger partial charge in [0.05, 0.1) is 13.2 Å². The van der Waals surface area contributed by atoms with Crippen LogP contribution in [0.4, 0.5) is 0 Å². The molecule has 0 saturated heterocycles. The number of nitrogens with one attached hydrogen (secondary N) is 2. The zero-order valence-electron chi connectivity index (χ0n) is 27.2. The minimum Gasteiger partial charge on any atom is -0.762 e. The molecule has 0 aliphatic heterocycles. The molecule has 0 aliphatic carbocycles. The van der Waals surface area contributed by atoms with E-state index < -0.39 is 27.3 Å². The molecule has 4 aromatic carbocycles. The van der Waals surface area contributed by atoms with Gasteiger partial charge in [0.1, 0.15) is 23.0 Å². The number of amides is 2. The Hall–Kier alpha value is -1.01. The first kappa shape index (κ1) is 45.0. The first-order chi connectivity index (χ1) is 21.9. The van der Waals surface area contributed by atoms with E-state index in [-0.39, 0.29) is 116 Å². The average Bonchev–Trinajstić information content (AvgIpc) is 2.97. The van der Waals surface area contributed by atoms with Crippen molar-refractivity contribution < 1.29 is 150 Å². The van der Waals surface area contributed by atoms with Gasteiger partial charge in [0.15, 0.2) is 0 Å². The standard InChI is InChI=1S/2C16H18NO5P.2K/c2*1-13(18)17-23(19,20)21-11-10-14-6-5-9-16(12-14)22-15-7-3-2-4-8-15;;/h2*2-9,12H,10-11H2,1H3,(H2,17,18,19,20);;/q;;2*+1/p-2. The third-order valence-electron chi connectivity index (χ3n) is 5.65. The van der Waals surface area contributed by atoms with Crippen molar-refractivity contribution in [3.05, 3.63) is 120 Å². The third-order valence-corrected chi connectivity index (χ3v) is 7.87. The number of benzene rings is 4. The van der Waals surface area contributed by atoms with E-state index >= 15 is 0 Å². The van der Waals surface area contributed by atoms with E-state index in [1.165, 1.54) is 0 Å². The molecule has 0 heterocycles. The fraction of sp³-hybridized carbons (Fsp3) is 0.188. The molecule has 2 unspecified atom stereocenters. The van der Waals surface area contributed by atoms with Crippen LogP contribution in [0.25, 0.3) is 0 Å². The van der Waals surface area contributed by atoms with Crippen molar-refractivity contribution in [2.24, 2.45) is 0 Å². The molecule has 0 radical (unpaired) electrons. The summed E-state index contributed by atoms with van der Waals surface area (Å²) in [6, 6.07) is 33.2. The average molecular weight is 747 g/mol. The van der Waals surface area contributed by atoms with E-state index in [2.05, 4.69) is 0 Å². The van der Waals surface area contributed by atoms with Gasteiger partial charge in [-0.3, -0.25) is 28.9 Å². The Morgan fingerprint density at radius 2 is 0.896 bits per heavy atom. The second-order valence-electron chi connectivity index (χ2n) is 9.62. The van der Waals surface area contributed by atoms with Gasteiger partial charge in [-0.1, -0.05) is 60.7 Å². The number of ether oxygens (including phenoxy) is 2. The number of rotatable bonds is 14. The monoisotopic (exact) mass is 746 g/mol. The summed E-state index contributed by atoms with van der Waals surface area (Å²) in [7, 11) is -8.67. The van der Waals surface area contributed by atoms with Crippen LogP contribution in [-0.4, -0.2) is 25.0 Å². The van der Waals surface area contributed by atoms with E-state index in [1.54, 1.807) is 10.2 Å². The quantitative estimate of drug-likeness (QED) is 0.124. The number of para-hydroxylation sites is 2. The zero-order chi connectivity index (χ0) is 33.4. The van der Waals surface area contributed by atoms with Gasteiger partial charge in [0.25, 0.3) is 0 Å². The first-order valence-corrected chi connectivity index (χ1v) is 17.1. The molecular weight excluding hydrogens is 712 g/mol. The molecule has 4 aromatic rings. The van der Waals surface area contributed by atoms with Crippen LogP contribution < -0.4 is 132 Å². The van der Waals surface area contributed by atoms with Crippen LogP contribution in [-0.2, 0) is 40.6 Å². The minimum atomic E-state index is -4.33. The Morgan fingerprint density at radius 1 is 0.562 bits per heavy atom. The summed E-state index contributed by atoms with van der Waals surface area (Å²) < 4.78 is 43.6. The molecule has 12 nitrogen and oxygen atoms in total. The van der Waals surface area contributed by atoms with E-state index in [1.807, 2.05) is 109 Å². The van der Waals surface area contributed by atoms with Gasteiger partial charge in [-0.2, -0.15) is 0 Å². The molecule has 2 atom stereocenters. The van der Waals surface area contributed by atoms with Crippen LogP contribution in [0.2, 0.25) is 0 Å². The minimum absolute atomic E-state index is 0. The predicted octanol–water partition coefficient (Wildman–Crippen LogP) is -0.707. The van der Waals surface area contributed by atoms with E-state index in [0.717, 1.165) is 36.5 Å². The molecule has 48 heavy (non-hydrogen) atoms. The molecular formula is C32H34K2N2O10P2. The summed E-state index contributed by atoms with van der Waals surface area (Å²) in [6.45, 7) is 2.10. The van der Waals surface area contributed by atoms with Crippen molar-refractivity contribution in [3.8, 4) is 23.0 Å². The Balaban J connectivity index is 0.000000461. The normalized spacial score (nSPS) is 12.6. The summed E-state index contributed by atoms with van der Waals surface area (Å²) >= 11 is 0. The second-order valence-corrected chi connectivity index (χ2v) is 12.6. The first-order valence-electron chi connectivity index (χ1n) is 14.0. The smallest absolute Gasteiger partial charge is 0.762 e. The third kappa shape index (κ3) is 19.4. The SMILES string of the molecule is CC(=O)NP(=O)([O-])OCCc1cccc(Oc2ccccc2)c1.CC(=O)NP(=O)([O-])OCCc1cccc(Oc2ccccc2)c1.[K+].[K+].